The van der Waals surface area contributed by atoms with Crippen LogP contribution >= 0.6 is 0 Å². The highest BCUT2D eigenvalue weighted by atomic mass is 19.1. The zero-order valence-corrected chi connectivity index (χ0v) is 8.91. The Bertz CT molecular complexity index is 520. The van der Waals surface area contributed by atoms with E-state index in [1.807, 2.05) is 12.3 Å². The molecule has 0 radical (unpaired) electrons. The molecule has 1 N–H and O–H groups in total. The summed E-state index contributed by atoms with van der Waals surface area (Å²) >= 11 is 0. The van der Waals surface area contributed by atoms with Crippen molar-refractivity contribution in [1.29, 1.82) is 0 Å². The van der Waals surface area contributed by atoms with E-state index in [2.05, 4.69) is 10.3 Å². The summed E-state index contributed by atoms with van der Waals surface area (Å²) in [7, 11) is 0. The number of rotatable bonds is 3. The van der Waals surface area contributed by atoms with E-state index in [0.29, 0.717) is 6.04 Å². The lowest BCUT2D eigenvalue weighted by Gasteiger charge is -2.04. The lowest BCUT2D eigenvalue weighted by atomic mass is 10.1. The molecule has 3 rings (SSSR count). The van der Waals surface area contributed by atoms with E-state index >= 15 is 0 Å². The average Bonchev–Trinajstić information content (AvgIpc) is 3.09. The molecule has 3 heteroatoms. The Morgan fingerprint density at radius 2 is 2.19 bits per heavy atom. The van der Waals surface area contributed by atoms with Crippen LogP contribution in [0.3, 0.4) is 0 Å². The van der Waals surface area contributed by atoms with E-state index in [1.54, 1.807) is 6.07 Å². The predicted octanol–water partition coefficient (Wildman–Crippen LogP) is 2.63. The summed E-state index contributed by atoms with van der Waals surface area (Å²) in [4.78, 5) is 4.31. The van der Waals surface area contributed by atoms with E-state index in [4.69, 9.17) is 0 Å². The SMILES string of the molecule is Fc1ccc2ncc(CNC3CC3)cc2c1. The van der Waals surface area contributed by atoms with Crippen LogP contribution in [-0.4, -0.2) is 11.0 Å². The van der Waals surface area contributed by atoms with Gasteiger partial charge in [-0.3, -0.25) is 4.98 Å². The Hall–Kier alpha value is -1.48. The van der Waals surface area contributed by atoms with E-state index < -0.39 is 0 Å². The van der Waals surface area contributed by atoms with Gasteiger partial charge in [0, 0.05) is 24.2 Å². The Morgan fingerprint density at radius 1 is 1.31 bits per heavy atom. The Labute approximate surface area is 93.5 Å². The molecule has 0 unspecified atom stereocenters. The number of halogens is 1. The van der Waals surface area contributed by atoms with E-state index in [9.17, 15) is 4.39 Å². The maximum atomic E-state index is 13.0. The van der Waals surface area contributed by atoms with Crippen LogP contribution in [0.25, 0.3) is 10.9 Å². The molecule has 0 atom stereocenters. The summed E-state index contributed by atoms with van der Waals surface area (Å²) in [5.41, 5.74) is 1.96. The summed E-state index contributed by atoms with van der Waals surface area (Å²) in [5.74, 6) is -0.207. The molecule has 1 fully saturated rings. The average molecular weight is 216 g/mol. The summed E-state index contributed by atoms with van der Waals surface area (Å²) in [6.45, 7) is 0.824. The summed E-state index contributed by atoms with van der Waals surface area (Å²) in [6, 6.07) is 7.37. The maximum Gasteiger partial charge on any atom is 0.123 e. The third-order valence-electron chi connectivity index (χ3n) is 2.87. The number of aromatic nitrogens is 1. The van der Waals surface area contributed by atoms with Gasteiger partial charge < -0.3 is 5.32 Å². The van der Waals surface area contributed by atoms with Gasteiger partial charge in [-0.1, -0.05) is 0 Å². The van der Waals surface area contributed by atoms with Gasteiger partial charge in [0.1, 0.15) is 5.82 Å². The van der Waals surface area contributed by atoms with Crippen LogP contribution in [0.5, 0.6) is 0 Å². The van der Waals surface area contributed by atoms with Gasteiger partial charge in [-0.15, -0.1) is 0 Å². The van der Waals surface area contributed by atoms with Gasteiger partial charge >= 0.3 is 0 Å². The molecule has 16 heavy (non-hydrogen) atoms. The van der Waals surface area contributed by atoms with Gasteiger partial charge in [-0.2, -0.15) is 0 Å². The first-order valence-corrected chi connectivity index (χ1v) is 5.59. The summed E-state index contributed by atoms with van der Waals surface area (Å²) < 4.78 is 13.0. The monoisotopic (exact) mass is 216 g/mol. The van der Waals surface area contributed by atoms with E-state index in [-0.39, 0.29) is 5.82 Å². The molecule has 0 aliphatic heterocycles. The topological polar surface area (TPSA) is 24.9 Å². The van der Waals surface area contributed by atoms with Crippen molar-refractivity contribution in [1.82, 2.24) is 10.3 Å². The molecule has 1 aromatic carbocycles. The van der Waals surface area contributed by atoms with Crippen LogP contribution in [0.2, 0.25) is 0 Å². The molecule has 1 saturated carbocycles. The highest BCUT2D eigenvalue weighted by Crippen LogP contribution is 2.20. The van der Waals surface area contributed by atoms with Gasteiger partial charge in [-0.05, 0) is 42.7 Å². The highest BCUT2D eigenvalue weighted by Gasteiger charge is 2.19. The Kier molecular flexibility index (Phi) is 2.33. The molecule has 1 heterocycles. The molecule has 1 aliphatic carbocycles. The van der Waals surface area contributed by atoms with Crippen molar-refractivity contribution < 1.29 is 4.39 Å². The molecular weight excluding hydrogens is 203 g/mol. The Morgan fingerprint density at radius 3 is 3.00 bits per heavy atom. The van der Waals surface area contributed by atoms with Crippen molar-refractivity contribution in [3.8, 4) is 0 Å². The van der Waals surface area contributed by atoms with Crippen LogP contribution in [0.1, 0.15) is 18.4 Å². The lowest BCUT2D eigenvalue weighted by molar-refractivity contribution is 0.629. The van der Waals surface area contributed by atoms with Crippen molar-refractivity contribution in [2.45, 2.75) is 25.4 Å². The van der Waals surface area contributed by atoms with E-state index in [0.717, 1.165) is 23.0 Å². The molecule has 82 valence electrons. The van der Waals surface area contributed by atoms with Gasteiger partial charge in [0.15, 0.2) is 0 Å². The number of hydrogen-bond donors (Lipinski definition) is 1. The first-order valence-electron chi connectivity index (χ1n) is 5.59. The van der Waals surface area contributed by atoms with Gasteiger partial charge in [0.2, 0.25) is 0 Å². The molecular formula is C13H13FN2. The minimum Gasteiger partial charge on any atom is -0.310 e. The second-order valence-corrected chi connectivity index (χ2v) is 4.34. The van der Waals surface area contributed by atoms with Crippen LogP contribution in [-0.2, 0) is 6.54 Å². The zero-order valence-electron chi connectivity index (χ0n) is 8.91. The molecule has 0 amide bonds. The normalized spacial score (nSPS) is 15.6. The minimum atomic E-state index is -0.207. The predicted molar refractivity (Wildman–Crippen MR) is 61.6 cm³/mol. The van der Waals surface area contributed by atoms with Crippen molar-refractivity contribution in [3.63, 3.8) is 0 Å². The fourth-order valence-electron chi connectivity index (χ4n) is 1.79. The third-order valence-corrected chi connectivity index (χ3v) is 2.87. The van der Waals surface area contributed by atoms with Gasteiger partial charge in [-0.25, -0.2) is 4.39 Å². The number of fused-ring (bicyclic) bond motifs is 1. The summed E-state index contributed by atoms with van der Waals surface area (Å²) in [5, 5.41) is 4.29. The summed E-state index contributed by atoms with van der Waals surface area (Å²) in [6.07, 6.45) is 4.40. The van der Waals surface area contributed by atoms with Crippen molar-refractivity contribution in [2.75, 3.05) is 0 Å². The standard InChI is InChI=1S/C13H13FN2/c14-11-1-4-13-10(6-11)5-9(8-16-13)7-15-12-2-3-12/h1,4-6,8,12,15H,2-3,7H2. The third kappa shape index (κ3) is 2.04. The van der Waals surface area contributed by atoms with Crippen LogP contribution in [0.4, 0.5) is 4.39 Å². The van der Waals surface area contributed by atoms with Crippen LogP contribution in [0.15, 0.2) is 30.5 Å². The highest BCUT2D eigenvalue weighted by molar-refractivity contribution is 5.78. The molecule has 2 aromatic rings. The van der Waals surface area contributed by atoms with Crippen molar-refractivity contribution in [2.24, 2.45) is 0 Å². The molecule has 1 aliphatic rings. The minimum absolute atomic E-state index is 0.207. The largest absolute Gasteiger partial charge is 0.310 e. The quantitative estimate of drug-likeness (QED) is 0.853. The second-order valence-electron chi connectivity index (χ2n) is 4.34. The van der Waals surface area contributed by atoms with E-state index in [1.165, 1.54) is 25.0 Å². The smallest absolute Gasteiger partial charge is 0.123 e. The number of nitrogens with zero attached hydrogens (tertiary/aromatic N) is 1. The molecule has 1 aromatic heterocycles. The Balaban J connectivity index is 1.87. The first-order chi connectivity index (χ1) is 7.81. The molecule has 0 spiro atoms. The van der Waals surface area contributed by atoms with Crippen LogP contribution in [0, 0.1) is 5.82 Å². The van der Waals surface area contributed by atoms with Gasteiger partial charge in [0.25, 0.3) is 0 Å². The fourth-order valence-corrected chi connectivity index (χ4v) is 1.79. The zero-order chi connectivity index (χ0) is 11.0. The van der Waals surface area contributed by atoms with Gasteiger partial charge in [0.05, 0.1) is 5.52 Å². The van der Waals surface area contributed by atoms with Crippen molar-refractivity contribution in [3.05, 3.63) is 41.8 Å². The molecule has 2 nitrogen and oxygen atoms in total. The first kappa shape index (κ1) is 9.73. The van der Waals surface area contributed by atoms with Crippen molar-refractivity contribution >= 4 is 10.9 Å². The van der Waals surface area contributed by atoms with Crippen LogP contribution < -0.4 is 5.32 Å². The molecule has 0 bridgehead atoms. The number of pyridine rings is 1. The molecule has 0 saturated heterocycles. The number of hydrogen-bond acceptors (Lipinski definition) is 2. The second kappa shape index (κ2) is 3.83. The lowest BCUT2D eigenvalue weighted by Crippen LogP contribution is -2.15. The fraction of sp³-hybridized carbons (Fsp3) is 0.308. The number of nitrogens with one attached hydrogen (secondary N) is 1. The maximum absolute atomic E-state index is 13.0. The number of benzene rings is 1.